The molecule has 2 N–H and O–H groups in total. The van der Waals surface area contributed by atoms with Gasteiger partial charge in [0.2, 0.25) is 11.9 Å². The maximum Gasteiger partial charge on any atom is 0.277 e. The van der Waals surface area contributed by atoms with Crippen molar-refractivity contribution in [2.45, 2.75) is 38.7 Å². The quantitative estimate of drug-likeness (QED) is 0.484. The molecule has 1 atom stereocenters. The highest BCUT2D eigenvalue weighted by molar-refractivity contribution is 6.33. The van der Waals surface area contributed by atoms with Gasteiger partial charge in [-0.25, -0.2) is 28.1 Å². The average molecular weight is 565 g/mol. The van der Waals surface area contributed by atoms with Crippen LogP contribution in [0.2, 0.25) is 5.02 Å². The topological polar surface area (TPSA) is 109 Å². The molecule has 2 saturated heterocycles. The molecule has 1 aromatic carbocycles. The number of likely N-dealkylation sites (N-methyl/N-ethyl adjacent to an activating group) is 1. The summed E-state index contributed by atoms with van der Waals surface area (Å²) in [4.78, 5) is 15.5. The fraction of sp³-hybridized carbons (Fsp3) is 0.538. The molecule has 2 aliphatic rings. The number of halogens is 4. The summed E-state index contributed by atoms with van der Waals surface area (Å²) in [6.45, 7) is 5.26. The van der Waals surface area contributed by atoms with Crippen LogP contribution < -0.4 is 10.6 Å². The van der Waals surface area contributed by atoms with Crippen LogP contribution >= 0.6 is 11.6 Å². The van der Waals surface area contributed by atoms with Gasteiger partial charge in [0.15, 0.2) is 5.82 Å². The van der Waals surface area contributed by atoms with Crippen molar-refractivity contribution in [1.82, 2.24) is 24.4 Å². The average Bonchev–Trinajstić information content (AvgIpc) is 3.22. The predicted octanol–water partition coefficient (Wildman–Crippen LogP) is 4.77. The van der Waals surface area contributed by atoms with E-state index >= 15 is 4.39 Å². The molecule has 0 aliphatic carbocycles. The number of anilines is 2. The highest BCUT2D eigenvalue weighted by atomic mass is 35.5. The number of nitrogen functional groups attached to an aromatic ring is 1. The summed E-state index contributed by atoms with van der Waals surface area (Å²) in [6, 6.07) is 4.99. The summed E-state index contributed by atoms with van der Waals surface area (Å²) in [5.41, 5.74) is 6.93. The number of hydrogen-bond donors (Lipinski definition) is 1. The van der Waals surface area contributed by atoms with Gasteiger partial charge in [0, 0.05) is 31.3 Å². The number of benzene rings is 1. The third kappa shape index (κ3) is 6.72. The lowest BCUT2D eigenvalue weighted by molar-refractivity contribution is -0.00961. The molecule has 4 heterocycles. The van der Waals surface area contributed by atoms with Crippen LogP contribution in [0.15, 0.2) is 18.3 Å². The third-order valence-corrected chi connectivity index (χ3v) is 6.86. The van der Waals surface area contributed by atoms with Gasteiger partial charge < -0.3 is 19.9 Å². The maximum atomic E-state index is 15.1. The van der Waals surface area contributed by atoms with Crippen LogP contribution in [-0.4, -0.2) is 76.8 Å². The van der Waals surface area contributed by atoms with Gasteiger partial charge in [0.1, 0.15) is 5.52 Å². The van der Waals surface area contributed by atoms with E-state index in [2.05, 4.69) is 21.0 Å². The van der Waals surface area contributed by atoms with Crippen molar-refractivity contribution in [1.29, 1.82) is 5.26 Å². The van der Waals surface area contributed by atoms with Crippen molar-refractivity contribution in [2.75, 3.05) is 57.1 Å². The molecule has 2 aliphatic heterocycles. The van der Waals surface area contributed by atoms with Gasteiger partial charge in [-0.1, -0.05) is 11.6 Å². The predicted molar refractivity (Wildman–Crippen MR) is 144 cm³/mol. The number of nitrogens with two attached hydrogens (primary N) is 1. The minimum absolute atomic E-state index is 0.00822. The number of imidazole rings is 1. The molecule has 1 unspecified atom stereocenters. The Morgan fingerprint density at radius 3 is 2.64 bits per heavy atom. The summed E-state index contributed by atoms with van der Waals surface area (Å²) >= 11 is 6.21. The van der Waals surface area contributed by atoms with Gasteiger partial charge in [-0.15, -0.1) is 0 Å². The number of ether oxygens (including phenoxy) is 1. The van der Waals surface area contributed by atoms with E-state index < -0.39 is 18.3 Å². The fourth-order valence-electron chi connectivity index (χ4n) is 4.78. The number of nitrogens with zero attached hydrogens (tertiary/aromatic N) is 7. The number of hydrogen-bond acceptors (Lipinski definition) is 8. The Balaban J connectivity index is 0.000000379. The Labute approximate surface area is 230 Å². The van der Waals surface area contributed by atoms with Gasteiger partial charge in [-0.2, -0.15) is 5.26 Å². The first-order chi connectivity index (χ1) is 18.5. The first-order valence-corrected chi connectivity index (χ1v) is 13.2. The molecule has 39 heavy (non-hydrogen) atoms. The molecule has 210 valence electrons. The molecule has 0 spiro atoms. The number of aromatic nitrogens is 4. The molecular formula is C26H32ClF3N8O. The fourth-order valence-corrected chi connectivity index (χ4v) is 4.98. The van der Waals surface area contributed by atoms with E-state index in [9.17, 15) is 8.78 Å². The zero-order valence-electron chi connectivity index (χ0n) is 22.2. The molecule has 3 aromatic rings. The minimum atomic E-state index is -2.92. The van der Waals surface area contributed by atoms with Crippen molar-refractivity contribution in [2.24, 2.45) is 5.92 Å². The summed E-state index contributed by atoms with van der Waals surface area (Å²) in [6.07, 6.45) is 3.43. The first-order valence-electron chi connectivity index (χ1n) is 12.8. The van der Waals surface area contributed by atoms with Crippen molar-refractivity contribution in [3.8, 4) is 17.3 Å². The van der Waals surface area contributed by atoms with Crippen molar-refractivity contribution in [3.05, 3.63) is 29.2 Å². The largest absolute Gasteiger partial charge is 0.380 e. The molecule has 0 amide bonds. The van der Waals surface area contributed by atoms with E-state index in [1.165, 1.54) is 17.2 Å². The maximum absolute atomic E-state index is 15.1. The Bertz CT molecular complexity index is 1350. The van der Waals surface area contributed by atoms with Crippen LogP contribution in [0.1, 0.15) is 32.7 Å². The van der Waals surface area contributed by atoms with Crippen LogP contribution in [0.3, 0.4) is 0 Å². The number of fused-ring (bicyclic) bond motifs is 1. The summed E-state index contributed by atoms with van der Waals surface area (Å²) in [5, 5.41) is 8.58. The Hall–Kier alpha value is -3.14. The second-order valence-electron chi connectivity index (χ2n) is 10.2. The summed E-state index contributed by atoms with van der Waals surface area (Å²) in [5.74, 6) is -3.02. The summed E-state index contributed by atoms with van der Waals surface area (Å²) < 4.78 is 50.8. The van der Waals surface area contributed by atoms with Gasteiger partial charge in [0.05, 0.1) is 54.1 Å². The Kier molecular flexibility index (Phi) is 8.83. The van der Waals surface area contributed by atoms with Crippen molar-refractivity contribution in [3.63, 3.8) is 0 Å². The SMILES string of the molecule is CC(C)n1c(N2CCN(C)CC(F)(F)C2)nc2c(F)cc(-c3nc(N)ncc3Cl)cc21.N#CC1CCCOC1. The van der Waals surface area contributed by atoms with E-state index in [1.807, 2.05) is 13.8 Å². The van der Waals surface area contributed by atoms with Gasteiger partial charge >= 0.3 is 0 Å². The molecule has 13 heteroatoms. The molecule has 2 aromatic heterocycles. The highest BCUT2D eigenvalue weighted by Gasteiger charge is 2.37. The molecule has 0 saturated carbocycles. The van der Waals surface area contributed by atoms with E-state index in [0.717, 1.165) is 19.4 Å². The number of alkyl halides is 2. The van der Waals surface area contributed by atoms with Crippen LogP contribution in [0.5, 0.6) is 0 Å². The van der Waals surface area contributed by atoms with Gasteiger partial charge in [0.25, 0.3) is 5.92 Å². The van der Waals surface area contributed by atoms with Gasteiger partial charge in [-0.05, 0) is 45.9 Å². The smallest absolute Gasteiger partial charge is 0.277 e. The Morgan fingerprint density at radius 1 is 1.23 bits per heavy atom. The molecular weight excluding hydrogens is 533 g/mol. The number of rotatable bonds is 3. The zero-order chi connectivity index (χ0) is 28.3. The second-order valence-corrected chi connectivity index (χ2v) is 10.6. The van der Waals surface area contributed by atoms with Crippen molar-refractivity contribution >= 4 is 34.5 Å². The number of nitriles is 1. The van der Waals surface area contributed by atoms with Crippen LogP contribution in [0, 0.1) is 23.1 Å². The normalized spacial score (nSPS) is 19.9. The lowest BCUT2D eigenvalue weighted by Crippen LogP contribution is -2.39. The minimum Gasteiger partial charge on any atom is -0.380 e. The van der Waals surface area contributed by atoms with E-state index in [1.54, 1.807) is 22.6 Å². The molecule has 2 fully saturated rings. The second kappa shape index (κ2) is 11.9. The lowest BCUT2D eigenvalue weighted by atomic mass is 10.1. The molecule has 0 radical (unpaired) electrons. The summed E-state index contributed by atoms with van der Waals surface area (Å²) in [7, 11) is 1.66. The standard InChI is InChI=1S/C20H23ClF3N7.C6H9NO/c1-11(2)31-15-7-12(16-13(21)8-26-18(25)27-16)6-14(22)17(15)28-19(31)30-5-4-29(3)9-20(23,24)10-30;7-4-6-2-1-3-8-5-6/h6-8,11H,4-5,9-10H2,1-3H3,(H2,25,26,27);6H,1-3,5H2. The zero-order valence-corrected chi connectivity index (χ0v) is 22.9. The van der Waals surface area contributed by atoms with Crippen LogP contribution in [0.25, 0.3) is 22.3 Å². The van der Waals surface area contributed by atoms with E-state index in [0.29, 0.717) is 36.7 Å². The van der Waals surface area contributed by atoms with E-state index in [4.69, 9.17) is 27.3 Å². The van der Waals surface area contributed by atoms with Gasteiger partial charge in [-0.3, -0.25) is 4.90 Å². The van der Waals surface area contributed by atoms with Crippen LogP contribution in [-0.2, 0) is 4.74 Å². The third-order valence-electron chi connectivity index (χ3n) is 6.58. The Morgan fingerprint density at radius 2 is 2.00 bits per heavy atom. The first kappa shape index (κ1) is 28.9. The van der Waals surface area contributed by atoms with Crippen molar-refractivity contribution < 1.29 is 17.9 Å². The monoisotopic (exact) mass is 564 g/mol. The lowest BCUT2D eigenvalue weighted by Gasteiger charge is -2.26. The highest BCUT2D eigenvalue weighted by Crippen LogP contribution is 2.35. The molecule has 5 rings (SSSR count). The molecule has 9 nitrogen and oxygen atoms in total. The van der Waals surface area contributed by atoms with E-state index in [-0.39, 0.29) is 40.7 Å². The van der Waals surface area contributed by atoms with Crippen LogP contribution in [0.4, 0.5) is 25.1 Å². The molecule has 0 bridgehead atoms.